The standard InChI is InChI=1S/C22H24FN5OS/c1-14-4-5-15(2)18(12-14)27-8-10-28(11-9-27)21(29)20-16(3)25-22(30-20)26-19-7-6-17(23)13-24-19/h4-7,12-13H,8-11H2,1-3H3,(H,24,25,26). The summed E-state index contributed by atoms with van der Waals surface area (Å²) in [5.74, 6) is 0.101. The van der Waals surface area contributed by atoms with Crippen molar-refractivity contribution in [3.05, 3.63) is 64.0 Å². The average molecular weight is 426 g/mol. The molecule has 1 amide bonds. The summed E-state index contributed by atoms with van der Waals surface area (Å²) < 4.78 is 13.0. The first-order valence-corrected chi connectivity index (χ1v) is 10.7. The summed E-state index contributed by atoms with van der Waals surface area (Å²) >= 11 is 1.30. The van der Waals surface area contributed by atoms with Crippen molar-refractivity contribution in [3.8, 4) is 0 Å². The Morgan fingerprint density at radius 1 is 1.10 bits per heavy atom. The Hall–Kier alpha value is -3.00. The zero-order valence-corrected chi connectivity index (χ0v) is 18.1. The number of aryl methyl sites for hydroxylation is 3. The highest BCUT2D eigenvalue weighted by Crippen LogP contribution is 2.28. The number of hydrogen-bond acceptors (Lipinski definition) is 6. The molecule has 1 saturated heterocycles. The molecule has 0 saturated carbocycles. The Balaban J connectivity index is 1.42. The van der Waals surface area contributed by atoms with Gasteiger partial charge in [-0.05, 0) is 50.1 Å². The topological polar surface area (TPSA) is 61.4 Å². The van der Waals surface area contributed by atoms with E-state index in [2.05, 4.69) is 52.2 Å². The predicted molar refractivity (Wildman–Crippen MR) is 118 cm³/mol. The van der Waals surface area contributed by atoms with Crippen LogP contribution < -0.4 is 10.2 Å². The minimum absolute atomic E-state index is 0.00531. The molecule has 3 aromatic rings. The number of rotatable bonds is 4. The number of carbonyl (C=O) groups excluding carboxylic acids is 1. The highest BCUT2D eigenvalue weighted by Gasteiger charge is 2.26. The fourth-order valence-corrected chi connectivity index (χ4v) is 4.50. The van der Waals surface area contributed by atoms with Crippen molar-refractivity contribution in [2.45, 2.75) is 20.8 Å². The lowest BCUT2D eigenvalue weighted by Gasteiger charge is -2.36. The largest absolute Gasteiger partial charge is 0.368 e. The first-order valence-electron chi connectivity index (χ1n) is 9.88. The number of halogens is 1. The van der Waals surface area contributed by atoms with E-state index in [1.54, 1.807) is 6.07 Å². The minimum atomic E-state index is -0.397. The van der Waals surface area contributed by atoms with Crippen LogP contribution in [0, 0.1) is 26.6 Å². The molecule has 0 radical (unpaired) electrons. The van der Waals surface area contributed by atoms with Gasteiger partial charge in [-0.1, -0.05) is 23.5 Å². The summed E-state index contributed by atoms with van der Waals surface area (Å²) in [6, 6.07) is 9.35. The van der Waals surface area contributed by atoms with E-state index >= 15 is 0 Å². The molecule has 30 heavy (non-hydrogen) atoms. The summed E-state index contributed by atoms with van der Waals surface area (Å²) in [6.07, 6.45) is 1.14. The van der Waals surface area contributed by atoms with Crippen molar-refractivity contribution in [3.63, 3.8) is 0 Å². The smallest absolute Gasteiger partial charge is 0.266 e. The number of nitrogens with one attached hydrogen (secondary N) is 1. The van der Waals surface area contributed by atoms with Gasteiger partial charge in [0.2, 0.25) is 0 Å². The quantitative estimate of drug-likeness (QED) is 0.675. The van der Waals surface area contributed by atoms with Crippen LogP contribution in [0.1, 0.15) is 26.5 Å². The van der Waals surface area contributed by atoms with Crippen molar-refractivity contribution in [1.82, 2.24) is 14.9 Å². The molecular weight excluding hydrogens is 401 g/mol. The van der Waals surface area contributed by atoms with Crippen LogP contribution in [-0.4, -0.2) is 47.0 Å². The van der Waals surface area contributed by atoms with E-state index < -0.39 is 5.82 Å². The Morgan fingerprint density at radius 2 is 1.87 bits per heavy atom. The van der Waals surface area contributed by atoms with Crippen LogP contribution in [0.3, 0.4) is 0 Å². The number of hydrogen-bond donors (Lipinski definition) is 1. The van der Waals surface area contributed by atoms with E-state index in [9.17, 15) is 9.18 Å². The van der Waals surface area contributed by atoms with Crippen molar-refractivity contribution < 1.29 is 9.18 Å². The maximum absolute atomic E-state index is 13.1. The number of benzene rings is 1. The number of aromatic nitrogens is 2. The number of anilines is 3. The van der Waals surface area contributed by atoms with E-state index in [0.717, 1.165) is 19.3 Å². The monoisotopic (exact) mass is 425 g/mol. The molecule has 1 aliphatic heterocycles. The summed E-state index contributed by atoms with van der Waals surface area (Å²) in [4.78, 5) is 26.4. The lowest BCUT2D eigenvalue weighted by Crippen LogP contribution is -2.49. The minimum Gasteiger partial charge on any atom is -0.368 e. The SMILES string of the molecule is Cc1ccc(C)c(N2CCN(C(=O)c3sc(Nc4ccc(F)cn4)nc3C)CC2)c1. The van der Waals surface area contributed by atoms with Crippen molar-refractivity contribution >= 4 is 33.9 Å². The second-order valence-electron chi connectivity index (χ2n) is 7.49. The molecule has 0 atom stereocenters. The van der Waals surface area contributed by atoms with Crippen molar-refractivity contribution in [2.24, 2.45) is 0 Å². The highest BCUT2D eigenvalue weighted by molar-refractivity contribution is 7.17. The van der Waals surface area contributed by atoms with Gasteiger partial charge in [-0.2, -0.15) is 0 Å². The fourth-order valence-electron chi connectivity index (χ4n) is 3.56. The van der Waals surface area contributed by atoms with Gasteiger partial charge in [0.15, 0.2) is 5.13 Å². The van der Waals surface area contributed by atoms with Gasteiger partial charge in [0.25, 0.3) is 5.91 Å². The van der Waals surface area contributed by atoms with Crippen LogP contribution in [0.15, 0.2) is 36.5 Å². The predicted octanol–water partition coefficient (Wildman–Crippen LogP) is 4.31. The van der Waals surface area contributed by atoms with Crippen molar-refractivity contribution in [1.29, 1.82) is 0 Å². The third-order valence-corrected chi connectivity index (χ3v) is 6.29. The third kappa shape index (κ3) is 4.28. The Morgan fingerprint density at radius 3 is 2.57 bits per heavy atom. The number of carbonyl (C=O) groups is 1. The van der Waals surface area contributed by atoms with Gasteiger partial charge >= 0.3 is 0 Å². The number of amides is 1. The van der Waals surface area contributed by atoms with Crippen LogP contribution in [0.25, 0.3) is 0 Å². The number of pyridine rings is 1. The van der Waals surface area contributed by atoms with Crippen molar-refractivity contribution in [2.75, 3.05) is 36.4 Å². The highest BCUT2D eigenvalue weighted by atomic mass is 32.1. The van der Waals surface area contributed by atoms with E-state index in [1.807, 2.05) is 11.8 Å². The molecule has 3 heterocycles. The number of piperazine rings is 1. The first kappa shape index (κ1) is 20.3. The summed E-state index contributed by atoms with van der Waals surface area (Å²) in [6.45, 7) is 9.01. The average Bonchev–Trinajstić information content (AvgIpc) is 3.11. The molecule has 1 N–H and O–H groups in total. The molecule has 0 bridgehead atoms. The van der Waals surface area contributed by atoms with E-state index in [1.165, 1.54) is 34.2 Å². The van der Waals surface area contributed by atoms with Crippen LogP contribution in [0.5, 0.6) is 0 Å². The van der Waals surface area contributed by atoms with Gasteiger partial charge in [0.1, 0.15) is 16.5 Å². The molecule has 0 spiro atoms. The van der Waals surface area contributed by atoms with Gasteiger partial charge in [-0.25, -0.2) is 14.4 Å². The molecule has 0 unspecified atom stereocenters. The molecular formula is C22H24FN5OS. The maximum Gasteiger partial charge on any atom is 0.266 e. The van der Waals surface area contributed by atoms with Crippen LogP contribution in [0.2, 0.25) is 0 Å². The molecule has 0 aliphatic carbocycles. The summed E-state index contributed by atoms with van der Waals surface area (Å²) in [7, 11) is 0. The molecule has 1 aromatic carbocycles. The molecule has 8 heteroatoms. The number of thiazole rings is 1. The zero-order chi connectivity index (χ0) is 21.3. The van der Waals surface area contributed by atoms with Gasteiger partial charge in [0, 0.05) is 31.9 Å². The zero-order valence-electron chi connectivity index (χ0n) is 17.3. The van der Waals surface area contributed by atoms with E-state index in [4.69, 9.17) is 0 Å². The molecule has 4 rings (SSSR count). The summed E-state index contributed by atoms with van der Waals surface area (Å²) in [5.41, 5.74) is 4.43. The van der Waals surface area contributed by atoms with Gasteiger partial charge < -0.3 is 15.1 Å². The third-order valence-electron chi connectivity index (χ3n) is 5.23. The second kappa shape index (κ2) is 8.39. The molecule has 1 fully saturated rings. The number of nitrogens with zero attached hydrogens (tertiary/aromatic N) is 4. The van der Waals surface area contributed by atoms with Crippen LogP contribution >= 0.6 is 11.3 Å². The van der Waals surface area contributed by atoms with Gasteiger partial charge in [0.05, 0.1) is 11.9 Å². The molecule has 156 valence electrons. The molecule has 6 nitrogen and oxygen atoms in total. The normalized spacial score (nSPS) is 14.1. The molecule has 2 aromatic heterocycles. The first-order chi connectivity index (χ1) is 14.4. The van der Waals surface area contributed by atoms with Crippen LogP contribution in [0.4, 0.5) is 21.0 Å². The van der Waals surface area contributed by atoms with E-state index in [0.29, 0.717) is 34.6 Å². The Labute approximate surface area is 179 Å². The maximum atomic E-state index is 13.1. The lowest BCUT2D eigenvalue weighted by molar-refractivity contribution is 0.0750. The molecule has 1 aliphatic rings. The fraction of sp³-hybridized carbons (Fsp3) is 0.318. The second-order valence-corrected chi connectivity index (χ2v) is 8.49. The van der Waals surface area contributed by atoms with Gasteiger partial charge in [-0.3, -0.25) is 4.79 Å². The van der Waals surface area contributed by atoms with Gasteiger partial charge in [-0.15, -0.1) is 0 Å². The lowest BCUT2D eigenvalue weighted by atomic mass is 10.1. The Bertz CT molecular complexity index is 1060. The van der Waals surface area contributed by atoms with E-state index in [-0.39, 0.29) is 5.91 Å². The van der Waals surface area contributed by atoms with Crippen LogP contribution in [-0.2, 0) is 0 Å². The summed E-state index contributed by atoms with van der Waals surface area (Å²) in [5, 5.41) is 3.61. The Kier molecular flexibility index (Phi) is 5.67.